The number of nitrogens with one attached hydrogen (secondary N) is 1. The normalized spacial score (nSPS) is 14.6. The van der Waals surface area contributed by atoms with Crippen LogP contribution in [0.2, 0.25) is 5.02 Å². The second-order valence-corrected chi connectivity index (χ2v) is 6.84. The molecule has 0 aromatic heterocycles. The molecule has 1 heterocycles. The Morgan fingerprint density at radius 1 is 1.21 bits per heavy atom. The van der Waals surface area contributed by atoms with Gasteiger partial charge in [0.25, 0.3) is 5.69 Å². The highest BCUT2D eigenvalue weighted by atomic mass is 35.5. The molecule has 1 N–H and O–H groups in total. The fraction of sp³-hybridized carbons (Fsp3) is 0.316. The molecule has 0 saturated carbocycles. The van der Waals surface area contributed by atoms with E-state index < -0.39 is 4.92 Å². The highest BCUT2D eigenvalue weighted by Crippen LogP contribution is 2.31. The summed E-state index contributed by atoms with van der Waals surface area (Å²) >= 11 is 5.88. The molecule has 148 valence electrons. The van der Waals surface area contributed by atoms with Crippen molar-refractivity contribution in [3.8, 4) is 5.75 Å². The van der Waals surface area contributed by atoms with Crippen LogP contribution < -0.4 is 15.0 Å². The van der Waals surface area contributed by atoms with Gasteiger partial charge >= 0.3 is 0 Å². The van der Waals surface area contributed by atoms with E-state index in [1.807, 2.05) is 21.9 Å². The van der Waals surface area contributed by atoms with Gasteiger partial charge in [0, 0.05) is 37.3 Å². The Morgan fingerprint density at radius 3 is 2.61 bits per heavy atom. The predicted molar refractivity (Wildman–Crippen MR) is 108 cm³/mol. The van der Waals surface area contributed by atoms with E-state index in [1.165, 1.54) is 6.07 Å². The van der Waals surface area contributed by atoms with Crippen LogP contribution in [0.3, 0.4) is 0 Å². The summed E-state index contributed by atoms with van der Waals surface area (Å²) in [6.45, 7) is 2.67. The lowest BCUT2D eigenvalue weighted by molar-refractivity contribution is -0.384. The minimum Gasteiger partial charge on any atom is -0.495 e. The third kappa shape index (κ3) is 4.71. The molecule has 0 radical (unpaired) electrons. The number of benzene rings is 2. The highest BCUT2D eigenvalue weighted by Gasteiger charge is 2.25. The van der Waals surface area contributed by atoms with Crippen LogP contribution in [0.25, 0.3) is 0 Å². The smallest absolute Gasteiger partial charge is 0.294 e. The lowest BCUT2D eigenvalue weighted by Crippen LogP contribution is -2.48. The van der Waals surface area contributed by atoms with Crippen LogP contribution in [0.5, 0.6) is 5.75 Å². The van der Waals surface area contributed by atoms with E-state index >= 15 is 0 Å². The van der Waals surface area contributed by atoms with E-state index in [9.17, 15) is 14.9 Å². The van der Waals surface area contributed by atoms with Crippen molar-refractivity contribution in [2.75, 3.05) is 50.1 Å². The maximum atomic E-state index is 12.4. The monoisotopic (exact) mass is 404 g/mol. The summed E-state index contributed by atoms with van der Waals surface area (Å²) in [7, 11) is 1.56. The summed E-state index contributed by atoms with van der Waals surface area (Å²) in [6, 6.07) is 11.9. The number of nitrogens with zero attached hydrogens (tertiary/aromatic N) is 3. The van der Waals surface area contributed by atoms with Gasteiger partial charge in [-0.25, -0.2) is 0 Å². The first kappa shape index (κ1) is 19.9. The molecule has 1 aliphatic rings. The van der Waals surface area contributed by atoms with Crippen LogP contribution in [0, 0.1) is 10.1 Å². The molecule has 0 spiro atoms. The minimum atomic E-state index is -0.422. The second-order valence-electron chi connectivity index (χ2n) is 6.40. The van der Waals surface area contributed by atoms with Crippen molar-refractivity contribution in [1.82, 2.24) is 4.90 Å². The maximum absolute atomic E-state index is 12.4. The van der Waals surface area contributed by atoms with Crippen LogP contribution in [-0.2, 0) is 4.79 Å². The molecule has 8 nitrogen and oxygen atoms in total. The van der Waals surface area contributed by atoms with Crippen molar-refractivity contribution in [3.63, 3.8) is 0 Å². The number of carbonyl (C=O) groups excluding carboxylic acids is 1. The minimum absolute atomic E-state index is 0.00475. The number of ether oxygens (including phenoxy) is 1. The van der Waals surface area contributed by atoms with Crippen LogP contribution in [0.15, 0.2) is 42.5 Å². The van der Waals surface area contributed by atoms with Gasteiger partial charge in [-0.3, -0.25) is 19.8 Å². The van der Waals surface area contributed by atoms with Crippen molar-refractivity contribution in [2.45, 2.75) is 0 Å². The topological polar surface area (TPSA) is 88.0 Å². The third-order valence-electron chi connectivity index (χ3n) is 4.60. The number of para-hydroxylation sites is 2. The average Bonchev–Trinajstić information content (AvgIpc) is 2.69. The van der Waals surface area contributed by atoms with Crippen molar-refractivity contribution in [1.29, 1.82) is 0 Å². The Bertz CT molecular complexity index is 869. The number of hydrogen-bond donors (Lipinski definition) is 1. The molecule has 28 heavy (non-hydrogen) atoms. The Kier molecular flexibility index (Phi) is 6.33. The molecule has 0 aliphatic carbocycles. The van der Waals surface area contributed by atoms with E-state index in [0.717, 1.165) is 0 Å². The fourth-order valence-corrected chi connectivity index (χ4v) is 3.36. The fourth-order valence-electron chi connectivity index (χ4n) is 3.20. The number of amides is 1. The quantitative estimate of drug-likeness (QED) is 0.588. The highest BCUT2D eigenvalue weighted by molar-refractivity contribution is 6.30. The van der Waals surface area contributed by atoms with Crippen LogP contribution in [0.1, 0.15) is 0 Å². The molecule has 1 saturated heterocycles. The van der Waals surface area contributed by atoms with Gasteiger partial charge < -0.3 is 15.0 Å². The largest absolute Gasteiger partial charge is 0.495 e. The summed E-state index contributed by atoms with van der Waals surface area (Å²) in [5, 5.41) is 14.5. The van der Waals surface area contributed by atoms with Crippen molar-refractivity contribution in [2.24, 2.45) is 0 Å². The van der Waals surface area contributed by atoms with Gasteiger partial charge in [-0.1, -0.05) is 23.7 Å². The molecule has 3 rings (SSSR count). The Hall–Kier alpha value is -2.84. The van der Waals surface area contributed by atoms with E-state index in [2.05, 4.69) is 5.32 Å². The number of halogens is 1. The van der Waals surface area contributed by atoms with Crippen LogP contribution in [-0.4, -0.2) is 55.6 Å². The molecule has 9 heteroatoms. The average molecular weight is 405 g/mol. The predicted octanol–water partition coefficient (Wildman–Crippen LogP) is 3.02. The summed E-state index contributed by atoms with van der Waals surface area (Å²) < 4.78 is 5.24. The molecule has 1 amide bonds. The number of rotatable bonds is 6. The Labute approximate surface area is 167 Å². The van der Waals surface area contributed by atoms with Gasteiger partial charge in [0.1, 0.15) is 11.4 Å². The van der Waals surface area contributed by atoms with E-state index in [1.54, 1.807) is 31.4 Å². The lowest BCUT2D eigenvalue weighted by Gasteiger charge is -2.35. The molecule has 0 atom stereocenters. The molecule has 0 bridgehead atoms. The first-order chi connectivity index (χ1) is 13.5. The Balaban J connectivity index is 1.57. The van der Waals surface area contributed by atoms with Gasteiger partial charge in [-0.15, -0.1) is 0 Å². The zero-order valence-corrected chi connectivity index (χ0v) is 16.2. The van der Waals surface area contributed by atoms with Gasteiger partial charge in [-0.2, -0.15) is 0 Å². The molecule has 2 aromatic rings. The summed E-state index contributed by atoms with van der Waals surface area (Å²) in [6.07, 6.45) is 0. The second kappa shape index (κ2) is 8.90. The number of nitro benzene ring substituents is 1. The van der Waals surface area contributed by atoms with Gasteiger partial charge in [0.2, 0.25) is 5.91 Å². The molecule has 1 aliphatic heterocycles. The number of hydrogen-bond acceptors (Lipinski definition) is 6. The molecule has 2 aromatic carbocycles. The van der Waals surface area contributed by atoms with Crippen molar-refractivity contribution >= 4 is 34.6 Å². The number of nitro groups is 1. The van der Waals surface area contributed by atoms with Gasteiger partial charge in [0.15, 0.2) is 0 Å². The van der Waals surface area contributed by atoms with Crippen molar-refractivity contribution < 1.29 is 14.5 Å². The summed E-state index contributed by atoms with van der Waals surface area (Å²) in [5.41, 5.74) is 1.17. The SMILES string of the molecule is COc1ccccc1NC(=O)CN1CCN(c2ccc(Cl)cc2[N+](=O)[O-])CC1. The lowest BCUT2D eigenvalue weighted by atomic mass is 10.2. The van der Waals surface area contributed by atoms with Gasteiger partial charge in [-0.05, 0) is 24.3 Å². The number of carbonyl (C=O) groups is 1. The number of piperazine rings is 1. The van der Waals surface area contributed by atoms with Crippen LogP contribution >= 0.6 is 11.6 Å². The maximum Gasteiger partial charge on any atom is 0.294 e. The summed E-state index contributed by atoms with van der Waals surface area (Å²) in [5.74, 6) is 0.478. The molecular formula is C19H21ClN4O4. The van der Waals surface area contributed by atoms with E-state index in [4.69, 9.17) is 16.3 Å². The van der Waals surface area contributed by atoms with Crippen molar-refractivity contribution in [3.05, 3.63) is 57.6 Å². The zero-order valence-electron chi connectivity index (χ0n) is 15.4. The summed E-state index contributed by atoms with van der Waals surface area (Å²) in [4.78, 5) is 27.2. The number of anilines is 2. The first-order valence-corrected chi connectivity index (χ1v) is 9.20. The van der Waals surface area contributed by atoms with E-state index in [0.29, 0.717) is 48.3 Å². The molecule has 0 unspecified atom stereocenters. The van der Waals surface area contributed by atoms with E-state index in [-0.39, 0.29) is 18.1 Å². The molecular weight excluding hydrogens is 384 g/mol. The Morgan fingerprint density at radius 2 is 1.93 bits per heavy atom. The standard InChI is InChI=1S/C19H21ClN4O4/c1-28-18-5-3-2-4-15(18)21-19(25)13-22-8-10-23(11-9-22)16-7-6-14(20)12-17(16)24(26)27/h2-7,12H,8-11,13H2,1H3,(H,21,25). The van der Waals surface area contributed by atoms with Crippen LogP contribution in [0.4, 0.5) is 17.1 Å². The molecule has 1 fully saturated rings. The number of methoxy groups -OCH3 is 1. The van der Waals surface area contributed by atoms with Gasteiger partial charge in [0.05, 0.1) is 24.3 Å². The zero-order chi connectivity index (χ0) is 20.1. The third-order valence-corrected chi connectivity index (χ3v) is 4.83. The first-order valence-electron chi connectivity index (χ1n) is 8.82.